The Balaban J connectivity index is 0.914. The minimum absolute atomic E-state index is 0.214. The molecule has 0 aliphatic carbocycles. The molecular formula is C57H58Cl2N2O8. The summed E-state index contributed by atoms with van der Waals surface area (Å²) in [6.07, 6.45) is 17.5. The molecule has 0 amide bonds. The van der Waals surface area contributed by atoms with Crippen LogP contribution in [0.4, 0.5) is 11.4 Å². The Morgan fingerprint density at radius 2 is 0.768 bits per heavy atom. The van der Waals surface area contributed by atoms with E-state index in [2.05, 4.69) is 23.8 Å². The third kappa shape index (κ3) is 17.4. The first-order chi connectivity index (χ1) is 33.7. The number of ether oxygens (including phenoxy) is 5. The molecule has 0 saturated carbocycles. The minimum atomic E-state index is -0.535. The van der Waals surface area contributed by atoms with Crippen LogP contribution in [-0.2, 0) is 0 Å². The first kappa shape index (κ1) is 51.6. The quantitative estimate of drug-likeness (QED) is 0.0228. The third-order valence-electron chi connectivity index (χ3n) is 10.9. The molecule has 0 fully saturated rings. The lowest BCUT2D eigenvalue weighted by molar-refractivity contribution is 0.0725. The number of carbonyl (C=O) groups is 3. The molecule has 0 radical (unpaired) electrons. The van der Waals surface area contributed by atoms with Gasteiger partial charge < -0.3 is 23.7 Å². The van der Waals surface area contributed by atoms with Crippen molar-refractivity contribution in [3.05, 3.63) is 171 Å². The number of hydrogen-bond acceptors (Lipinski definition) is 10. The number of carbonyl (C=O) groups excluding carboxylic acids is 3. The van der Waals surface area contributed by atoms with E-state index in [9.17, 15) is 14.4 Å². The molecule has 69 heavy (non-hydrogen) atoms. The zero-order valence-electron chi connectivity index (χ0n) is 39.2. The van der Waals surface area contributed by atoms with Crippen LogP contribution in [0.3, 0.4) is 0 Å². The highest BCUT2D eigenvalue weighted by Gasteiger charge is 2.14. The van der Waals surface area contributed by atoms with Crippen LogP contribution in [0, 0.1) is 0 Å². The van der Waals surface area contributed by atoms with Crippen molar-refractivity contribution in [2.24, 2.45) is 9.98 Å². The van der Waals surface area contributed by atoms with Crippen LogP contribution >= 0.6 is 23.2 Å². The molecule has 6 aromatic carbocycles. The van der Waals surface area contributed by atoms with E-state index in [1.807, 2.05) is 0 Å². The van der Waals surface area contributed by atoms with Crippen molar-refractivity contribution in [2.45, 2.75) is 90.9 Å². The summed E-state index contributed by atoms with van der Waals surface area (Å²) < 4.78 is 28.3. The summed E-state index contributed by atoms with van der Waals surface area (Å²) in [6, 6.07) is 37.2. The fourth-order valence-electron chi connectivity index (χ4n) is 6.93. The van der Waals surface area contributed by atoms with Crippen molar-refractivity contribution in [2.75, 3.05) is 13.2 Å². The molecule has 0 heterocycles. The van der Waals surface area contributed by atoms with Gasteiger partial charge in [-0.3, -0.25) is 9.98 Å². The lowest BCUT2D eigenvalue weighted by Gasteiger charge is -2.09. The molecule has 6 rings (SSSR count). The predicted octanol–water partition coefficient (Wildman–Crippen LogP) is 15.6. The summed E-state index contributed by atoms with van der Waals surface area (Å²) >= 11 is 12.9. The molecule has 358 valence electrons. The molecule has 10 nitrogen and oxygen atoms in total. The SMILES string of the molecule is CCCCCCCCOc1ccc(C(=O)Oc2ccc(N=Cc3ccc(OC(=O)c4ccc(C=Nc5ccc(OC(=O)c6ccc(OCCCCCCCC)cc6)c(Cl)c5)cc4)cc3)cc2Cl)cc1. The van der Waals surface area contributed by atoms with Crippen molar-refractivity contribution in [3.63, 3.8) is 0 Å². The number of esters is 3. The molecule has 0 bridgehead atoms. The Morgan fingerprint density at radius 3 is 1.17 bits per heavy atom. The zero-order chi connectivity index (χ0) is 48.6. The second-order valence-electron chi connectivity index (χ2n) is 16.4. The van der Waals surface area contributed by atoms with Crippen molar-refractivity contribution < 1.29 is 38.1 Å². The van der Waals surface area contributed by atoms with Crippen LogP contribution in [0.2, 0.25) is 10.0 Å². The van der Waals surface area contributed by atoms with Crippen molar-refractivity contribution >= 4 is 64.9 Å². The van der Waals surface area contributed by atoms with E-state index in [1.54, 1.807) is 146 Å². The summed E-state index contributed by atoms with van der Waals surface area (Å²) in [5.41, 5.74) is 3.71. The van der Waals surface area contributed by atoms with E-state index >= 15 is 0 Å². The zero-order valence-corrected chi connectivity index (χ0v) is 40.7. The summed E-state index contributed by atoms with van der Waals surface area (Å²) in [6.45, 7) is 5.70. The normalized spacial score (nSPS) is 11.2. The Morgan fingerprint density at radius 1 is 0.420 bits per heavy atom. The summed E-state index contributed by atoms with van der Waals surface area (Å²) in [5, 5.41) is 0.466. The van der Waals surface area contributed by atoms with Crippen LogP contribution in [0.15, 0.2) is 143 Å². The van der Waals surface area contributed by atoms with E-state index in [0.717, 1.165) is 36.8 Å². The van der Waals surface area contributed by atoms with Crippen LogP contribution in [0.25, 0.3) is 0 Å². The van der Waals surface area contributed by atoms with Gasteiger partial charge in [-0.25, -0.2) is 14.4 Å². The maximum Gasteiger partial charge on any atom is 0.343 e. The lowest BCUT2D eigenvalue weighted by Crippen LogP contribution is -2.08. The van der Waals surface area contributed by atoms with E-state index in [1.165, 1.54) is 51.4 Å². The smallest absolute Gasteiger partial charge is 0.343 e. The fraction of sp³-hybridized carbons (Fsp3) is 0.281. The summed E-state index contributed by atoms with van der Waals surface area (Å²) in [4.78, 5) is 47.6. The molecule has 6 aromatic rings. The standard InChI is InChI=1S/C57H58Cl2N2O8/c1-3-5-7-9-11-13-35-65-48-29-21-44(22-30-48)56(63)68-53-33-25-46(37-51(53)58)60-39-41-15-19-43(20-16-41)55(62)67-50-27-17-42(18-28-50)40-61-47-26-34-54(52(59)38-47)69-57(64)45-23-31-49(32-24-45)66-36-14-12-10-8-6-4-2/h15-34,37-40H,3-14,35-36H2,1-2H3. The Bertz CT molecular complexity index is 2630. The molecule has 0 spiro atoms. The van der Waals surface area contributed by atoms with Gasteiger partial charge in [-0.1, -0.05) is 113 Å². The average molecular weight is 970 g/mol. The largest absolute Gasteiger partial charge is 0.494 e. The molecule has 0 saturated heterocycles. The minimum Gasteiger partial charge on any atom is -0.494 e. The number of unbranched alkanes of at least 4 members (excludes halogenated alkanes) is 10. The van der Waals surface area contributed by atoms with E-state index in [-0.39, 0.29) is 21.5 Å². The number of benzene rings is 6. The van der Waals surface area contributed by atoms with E-state index in [0.29, 0.717) is 58.5 Å². The second kappa shape index (κ2) is 27.9. The molecule has 12 heteroatoms. The van der Waals surface area contributed by atoms with Crippen molar-refractivity contribution in [1.29, 1.82) is 0 Å². The maximum absolute atomic E-state index is 12.9. The van der Waals surface area contributed by atoms with Gasteiger partial charge in [0.05, 0.1) is 51.3 Å². The monoisotopic (exact) mass is 968 g/mol. The molecule has 0 atom stereocenters. The summed E-state index contributed by atoms with van der Waals surface area (Å²) in [7, 11) is 0. The first-order valence-electron chi connectivity index (χ1n) is 23.7. The topological polar surface area (TPSA) is 122 Å². The van der Waals surface area contributed by atoms with Gasteiger partial charge in [0, 0.05) is 12.4 Å². The molecule has 0 N–H and O–H groups in total. The maximum atomic E-state index is 12.9. The van der Waals surface area contributed by atoms with Crippen LogP contribution in [-0.4, -0.2) is 43.6 Å². The number of aliphatic imine (C=N–C) groups is 2. The summed E-state index contributed by atoms with van der Waals surface area (Å²) in [5.74, 6) is 0.617. The fourth-order valence-corrected chi connectivity index (χ4v) is 7.36. The van der Waals surface area contributed by atoms with E-state index < -0.39 is 17.9 Å². The van der Waals surface area contributed by atoms with Gasteiger partial charge in [0.25, 0.3) is 0 Å². The molecule has 0 aliphatic rings. The number of rotatable bonds is 26. The van der Waals surface area contributed by atoms with Crippen molar-refractivity contribution in [3.8, 4) is 28.7 Å². The average Bonchev–Trinajstić information content (AvgIpc) is 3.37. The highest BCUT2D eigenvalue weighted by molar-refractivity contribution is 6.32. The van der Waals surface area contributed by atoms with Gasteiger partial charge in [-0.05, 0) is 145 Å². The molecule has 0 aromatic heterocycles. The van der Waals surface area contributed by atoms with Crippen LogP contribution in [0.5, 0.6) is 28.7 Å². The highest BCUT2D eigenvalue weighted by atomic mass is 35.5. The Labute approximate surface area is 415 Å². The van der Waals surface area contributed by atoms with Gasteiger partial charge in [0.2, 0.25) is 0 Å². The van der Waals surface area contributed by atoms with Gasteiger partial charge in [0.15, 0.2) is 0 Å². The Hall–Kier alpha value is -6.75. The van der Waals surface area contributed by atoms with E-state index in [4.69, 9.17) is 46.9 Å². The second-order valence-corrected chi connectivity index (χ2v) is 17.2. The number of nitrogens with zero attached hydrogens (tertiary/aromatic N) is 2. The molecule has 0 aliphatic heterocycles. The van der Waals surface area contributed by atoms with Gasteiger partial charge >= 0.3 is 17.9 Å². The number of hydrogen-bond donors (Lipinski definition) is 0. The number of halogens is 2. The van der Waals surface area contributed by atoms with Gasteiger partial charge in [-0.15, -0.1) is 0 Å². The highest BCUT2D eigenvalue weighted by Crippen LogP contribution is 2.31. The van der Waals surface area contributed by atoms with Crippen LogP contribution < -0.4 is 23.7 Å². The lowest BCUT2D eigenvalue weighted by atomic mass is 10.1. The van der Waals surface area contributed by atoms with Crippen LogP contribution in [0.1, 0.15) is 133 Å². The predicted molar refractivity (Wildman–Crippen MR) is 276 cm³/mol. The van der Waals surface area contributed by atoms with Gasteiger partial charge in [0.1, 0.15) is 28.7 Å². The van der Waals surface area contributed by atoms with Crippen molar-refractivity contribution in [1.82, 2.24) is 0 Å². The first-order valence-corrected chi connectivity index (χ1v) is 24.4. The Kier molecular flexibility index (Phi) is 20.9. The molecule has 0 unspecified atom stereocenters. The molecular weight excluding hydrogens is 912 g/mol. The van der Waals surface area contributed by atoms with Gasteiger partial charge in [-0.2, -0.15) is 0 Å². The third-order valence-corrected chi connectivity index (χ3v) is 11.5.